The fourth-order valence-electron chi connectivity index (χ4n) is 4.73. The molecule has 0 fully saturated rings. The molecule has 0 heterocycles. The van der Waals surface area contributed by atoms with Gasteiger partial charge in [-0.05, 0) is 114 Å². The van der Waals surface area contributed by atoms with Crippen LogP contribution in [0.15, 0.2) is 127 Å². The van der Waals surface area contributed by atoms with Crippen molar-refractivity contribution in [1.29, 1.82) is 0 Å². The van der Waals surface area contributed by atoms with Gasteiger partial charge in [-0.1, -0.05) is 91.0 Å². The molecular formula is C32H21I. The van der Waals surface area contributed by atoms with E-state index < -0.39 is 0 Å². The standard InChI is InChI=1S/C32H21I/c33-29-14-8-13-23(21-29)27-18-26(22-9-2-1-3-10-22)19-28(20-27)32-30-15-6-4-11-24(30)17-25-12-5-7-16-31(25)32/h1-21H. The summed E-state index contributed by atoms with van der Waals surface area (Å²) in [5.41, 5.74) is 7.49. The molecule has 0 aliphatic carbocycles. The monoisotopic (exact) mass is 532 g/mol. The summed E-state index contributed by atoms with van der Waals surface area (Å²) in [5, 5.41) is 5.12. The summed E-state index contributed by atoms with van der Waals surface area (Å²) in [4.78, 5) is 0. The Kier molecular flexibility index (Phi) is 5.20. The normalized spacial score (nSPS) is 11.2. The highest BCUT2D eigenvalue weighted by molar-refractivity contribution is 14.1. The van der Waals surface area contributed by atoms with Gasteiger partial charge in [0.1, 0.15) is 0 Å². The molecule has 6 rings (SSSR count). The Morgan fingerprint density at radius 3 is 1.58 bits per heavy atom. The zero-order chi connectivity index (χ0) is 22.2. The smallest absolute Gasteiger partial charge is 0.0136 e. The minimum Gasteiger partial charge on any atom is -0.0622 e. The molecule has 0 saturated carbocycles. The predicted octanol–water partition coefficient (Wildman–Crippen LogP) is 9.60. The van der Waals surface area contributed by atoms with Gasteiger partial charge in [0.25, 0.3) is 0 Å². The maximum atomic E-state index is 2.40. The van der Waals surface area contributed by atoms with E-state index in [9.17, 15) is 0 Å². The van der Waals surface area contributed by atoms with Crippen LogP contribution in [0, 0.1) is 3.57 Å². The molecule has 0 spiro atoms. The SMILES string of the molecule is Ic1cccc(-c2cc(-c3ccccc3)cc(-c3c4ccccc4cc4ccccc34)c2)c1. The molecule has 6 aromatic carbocycles. The van der Waals surface area contributed by atoms with Gasteiger partial charge in [-0.25, -0.2) is 0 Å². The molecule has 1 heteroatoms. The van der Waals surface area contributed by atoms with E-state index in [1.165, 1.54) is 58.5 Å². The summed E-state index contributed by atoms with van der Waals surface area (Å²) < 4.78 is 1.24. The molecule has 0 N–H and O–H groups in total. The molecule has 0 aromatic heterocycles. The third-order valence-corrected chi connectivity index (χ3v) is 6.93. The Bertz CT molecular complexity index is 1560. The van der Waals surface area contributed by atoms with Crippen LogP contribution in [0.1, 0.15) is 0 Å². The van der Waals surface area contributed by atoms with Crippen LogP contribution in [0.5, 0.6) is 0 Å². The number of hydrogen-bond acceptors (Lipinski definition) is 0. The van der Waals surface area contributed by atoms with Crippen LogP contribution in [0.4, 0.5) is 0 Å². The largest absolute Gasteiger partial charge is 0.0622 e. The van der Waals surface area contributed by atoms with Gasteiger partial charge in [0.05, 0.1) is 0 Å². The van der Waals surface area contributed by atoms with Crippen molar-refractivity contribution in [3.8, 4) is 33.4 Å². The fourth-order valence-corrected chi connectivity index (χ4v) is 5.27. The van der Waals surface area contributed by atoms with Crippen LogP contribution in [-0.4, -0.2) is 0 Å². The highest BCUT2D eigenvalue weighted by atomic mass is 127. The van der Waals surface area contributed by atoms with Crippen molar-refractivity contribution < 1.29 is 0 Å². The molecule has 0 nitrogen and oxygen atoms in total. The fraction of sp³-hybridized carbons (Fsp3) is 0. The second-order valence-corrected chi connectivity index (χ2v) is 9.61. The zero-order valence-corrected chi connectivity index (χ0v) is 20.2. The third-order valence-electron chi connectivity index (χ3n) is 6.26. The van der Waals surface area contributed by atoms with Crippen LogP contribution in [0.25, 0.3) is 54.9 Å². The van der Waals surface area contributed by atoms with Gasteiger partial charge < -0.3 is 0 Å². The highest BCUT2D eigenvalue weighted by Gasteiger charge is 2.13. The average molecular weight is 532 g/mol. The number of halogens is 1. The molecule has 0 saturated heterocycles. The minimum atomic E-state index is 1.23. The first kappa shape index (κ1) is 20.2. The van der Waals surface area contributed by atoms with Crippen molar-refractivity contribution in [2.24, 2.45) is 0 Å². The van der Waals surface area contributed by atoms with Crippen molar-refractivity contribution >= 4 is 44.1 Å². The quantitative estimate of drug-likeness (QED) is 0.157. The van der Waals surface area contributed by atoms with Crippen molar-refractivity contribution in [2.45, 2.75) is 0 Å². The highest BCUT2D eigenvalue weighted by Crippen LogP contribution is 2.40. The van der Waals surface area contributed by atoms with Gasteiger partial charge in [-0.3, -0.25) is 0 Å². The molecule has 33 heavy (non-hydrogen) atoms. The first-order valence-electron chi connectivity index (χ1n) is 11.1. The first-order valence-corrected chi connectivity index (χ1v) is 12.2. The van der Waals surface area contributed by atoms with Gasteiger partial charge in [-0.2, -0.15) is 0 Å². The van der Waals surface area contributed by atoms with Gasteiger partial charge in [0, 0.05) is 3.57 Å². The zero-order valence-electron chi connectivity index (χ0n) is 18.0. The average Bonchev–Trinajstić information content (AvgIpc) is 2.87. The Balaban J connectivity index is 1.71. The van der Waals surface area contributed by atoms with Crippen molar-refractivity contribution in [1.82, 2.24) is 0 Å². The summed E-state index contributed by atoms with van der Waals surface area (Å²) in [5.74, 6) is 0. The van der Waals surface area contributed by atoms with Gasteiger partial charge in [-0.15, -0.1) is 0 Å². The molecular weight excluding hydrogens is 511 g/mol. The molecule has 0 aliphatic rings. The van der Waals surface area contributed by atoms with Crippen molar-refractivity contribution in [3.63, 3.8) is 0 Å². The molecule has 0 radical (unpaired) electrons. The Morgan fingerprint density at radius 2 is 0.909 bits per heavy atom. The lowest BCUT2D eigenvalue weighted by molar-refractivity contribution is 1.57. The molecule has 0 aliphatic heterocycles. The van der Waals surface area contributed by atoms with E-state index in [2.05, 4.69) is 150 Å². The van der Waals surface area contributed by atoms with E-state index in [0.29, 0.717) is 0 Å². The second-order valence-electron chi connectivity index (χ2n) is 8.37. The maximum absolute atomic E-state index is 2.40. The summed E-state index contributed by atoms with van der Waals surface area (Å²) in [6.07, 6.45) is 0. The first-order chi connectivity index (χ1) is 16.3. The third kappa shape index (κ3) is 3.83. The molecule has 6 aromatic rings. The second kappa shape index (κ2) is 8.49. The number of fused-ring (bicyclic) bond motifs is 2. The lowest BCUT2D eigenvalue weighted by atomic mass is 9.88. The number of rotatable bonds is 3. The van der Waals surface area contributed by atoms with E-state index in [-0.39, 0.29) is 0 Å². The van der Waals surface area contributed by atoms with Crippen molar-refractivity contribution in [3.05, 3.63) is 131 Å². The maximum Gasteiger partial charge on any atom is 0.0136 e. The number of hydrogen-bond donors (Lipinski definition) is 0. The van der Waals surface area contributed by atoms with Gasteiger partial charge in [0.2, 0.25) is 0 Å². The van der Waals surface area contributed by atoms with Gasteiger partial charge in [0.15, 0.2) is 0 Å². The molecule has 0 amide bonds. The van der Waals surface area contributed by atoms with Crippen LogP contribution < -0.4 is 0 Å². The summed E-state index contributed by atoms with van der Waals surface area (Å²) in [7, 11) is 0. The van der Waals surface area contributed by atoms with Crippen molar-refractivity contribution in [2.75, 3.05) is 0 Å². The van der Waals surface area contributed by atoms with E-state index in [1.54, 1.807) is 0 Å². The summed E-state index contributed by atoms with van der Waals surface area (Å²) in [6, 6.07) is 46.2. The van der Waals surface area contributed by atoms with E-state index in [4.69, 9.17) is 0 Å². The molecule has 156 valence electrons. The Hall–Kier alpha value is -3.43. The predicted molar refractivity (Wildman–Crippen MR) is 150 cm³/mol. The van der Waals surface area contributed by atoms with Crippen LogP contribution in [-0.2, 0) is 0 Å². The van der Waals surface area contributed by atoms with Gasteiger partial charge >= 0.3 is 0 Å². The van der Waals surface area contributed by atoms with Crippen LogP contribution in [0.2, 0.25) is 0 Å². The number of benzene rings is 6. The Morgan fingerprint density at radius 1 is 0.364 bits per heavy atom. The van der Waals surface area contributed by atoms with Crippen LogP contribution in [0.3, 0.4) is 0 Å². The molecule has 0 atom stereocenters. The lowest BCUT2D eigenvalue weighted by Crippen LogP contribution is -1.89. The summed E-state index contributed by atoms with van der Waals surface area (Å²) in [6.45, 7) is 0. The summed E-state index contributed by atoms with van der Waals surface area (Å²) >= 11 is 2.40. The van der Waals surface area contributed by atoms with E-state index >= 15 is 0 Å². The van der Waals surface area contributed by atoms with E-state index in [0.717, 1.165) is 0 Å². The molecule has 0 unspecified atom stereocenters. The minimum absolute atomic E-state index is 1.23. The topological polar surface area (TPSA) is 0 Å². The lowest BCUT2D eigenvalue weighted by Gasteiger charge is -2.16. The van der Waals surface area contributed by atoms with Crippen LogP contribution >= 0.6 is 22.6 Å². The Labute approximate surface area is 207 Å². The van der Waals surface area contributed by atoms with E-state index in [1.807, 2.05) is 0 Å². The molecule has 0 bridgehead atoms.